The molecule has 0 aliphatic carbocycles. The number of anilines is 1. The SMILES string of the molecule is C[C@H](N)c1ccc(N(CC#N)CC#N)c(F)c1. The highest BCUT2D eigenvalue weighted by Gasteiger charge is 2.12. The molecule has 5 heteroatoms. The van der Waals surface area contributed by atoms with Crippen molar-refractivity contribution in [1.82, 2.24) is 0 Å². The zero-order chi connectivity index (χ0) is 12.8. The van der Waals surface area contributed by atoms with Gasteiger partial charge in [-0.25, -0.2) is 4.39 Å². The molecule has 0 bridgehead atoms. The number of nitriles is 2. The summed E-state index contributed by atoms with van der Waals surface area (Å²) in [5.74, 6) is -0.467. The van der Waals surface area contributed by atoms with Crippen LogP contribution in [0.25, 0.3) is 0 Å². The number of benzene rings is 1. The topological polar surface area (TPSA) is 76.8 Å². The van der Waals surface area contributed by atoms with Crippen LogP contribution in [0.15, 0.2) is 18.2 Å². The zero-order valence-corrected chi connectivity index (χ0v) is 9.52. The van der Waals surface area contributed by atoms with Crippen LogP contribution < -0.4 is 10.6 Å². The number of nitrogens with zero attached hydrogens (tertiary/aromatic N) is 3. The number of halogens is 1. The van der Waals surface area contributed by atoms with E-state index >= 15 is 0 Å². The highest BCUT2D eigenvalue weighted by atomic mass is 19.1. The van der Waals surface area contributed by atoms with E-state index in [-0.39, 0.29) is 24.8 Å². The Morgan fingerprint density at radius 2 is 1.94 bits per heavy atom. The smallest absolute Gasteiger partial charge is 0.146 e. The molecule has 17 heavy (non-hydrogen) atoms. The second kappa shape index (κ2) is 5.83. The predicted molar refractivity (Wildman–Crippen MR) is 62.4 cm³/mol. The summed E-state index contributed by atoms with van der Waals surface area (Å²) in [6, 6.07) is 8.13. The number of rotatable bonds is 4. The van der Waals surface area contributed by atoms with Gasteiger partial charge >= 0.3 is 0 Å². The first-order valence-corrected chi connectivity index (χ1v) is 5.14. The molecular weight excluding hydrogens is 219 g/mol. The van der Waals surface area contributed by atoms with Crippen LogP contribution in [0.1, 0.15) is 18.5 Å². The van der Waals surface area contributed by atoms with Gasteiger partial charge in [-0.2, -0.15) is 10.5 Å². The van der Waals surface area contributed by atoms with Gasteiger partial charge in [0, 0.05) is 6.04 Å². The van der Waals surface area contributed by atoms with Gasteiger partial charge in [0.1, 0.15) is 18.9 Å². The van der Waals surface area contributed by atoms with Crippen LogP contribution in [0, 0.1) is 28.5 Å². The summed E-state index contributed by atoms with van der Waals surface area (Å²) in [5, 5.41) is 17.2. The summed E-state index contributed by atoms with van der Waals surface area (Å²) >= 11 is 0. The summed E-state index contributed by atoms with van der Waals surface area (Å²) < 4.78 is 13.8. The second-order valence-electron chi connectivity index (χ2n) is 3.67. The Kier molecular flexibility index (Phi) is 4.45. The van der Waals surface area contributed by atoms with E-state index in [1.54, 1.807) is 19.1 Å². The highest BCUT2D eigenvalue weighted by molar-refractivity contribution is 5.51. The van der Waals surface area contributed by atoms with E-state index in [1.165, 1.54) is 11.0 Å². The largest absolute Gasteiger partial charge is 0.343 e. The lowest BCUT2D eigenvalue weighted by Crippen LogP contribution is -2.25. The van der Waals surface area contributed by atoms with Crippen LogP contribution in [0.4, 0.5) is 10.1 Å². The van der Waals surface area contributed by atoms with Gasteiger partial charge < -0.3 is 10.6 Å². The summed E-state index contributed by atoms with van der Waals surface area (Å²) in [4.78, 5) is 1.38. The quantitative estimate of drug-likeness (QED) is 0.801. The molecule has 0 fully saturated rings. The maximum atomic E-state index is 13.8. The van der Waals surface area contributed by atoms with E-state index in [0.717, 1.165) is 0 Å². The fourth-order valence-corrected chi connectivity index (χ4v) is 1.46. The molecule has 0 spiro atoms. The van der Waals surface area contributed by atoms with Gasteiger partial charge in [0.25, 0.3) is 0 Å². The van der Waals surface area contributed by atoms with E-state index in [4.69, 9.17) is 16.3 Å². The minimum atomic E-state index is -0.467. The average molecular weight is 232 g/mol. The number of hydrogen-bond acceptors (Lipinski definition) is 4. The summed E-state index contributed by atoms with van der Waals surface area (Å²) in [6.45, 7) is 1.71. The molecule has 0 aliphatic heterocycles. The van der Waals surface area contributed by atoms with Crippen LogP contribution in [0.5, 0.6) is 0 Å². The molecule has 0 heterocycles. The van der Waals surface area contributed by atoms with Crippen molar-refractivity contribution < 1.29 is 4.39 Å². The highest BCUT2D eigenvalue weighted by Crippen LogP contribution is 2.22. The maximum absolute atomic E-state index is 13.8. The number of nitrogens with two attached hydrogens (primary N) is 1. The fraction of sp³-hybridized carbons (Fsp3) is 0.333. The maximum Gasteiger partial charge on any atom is 0.146 e. The Balaban J connectivity index is 3.05. The van der Waals surface area contributed by atoms with E-state index in [1.807, 2.05) is 12.1 Å². The molecule has 0 aromatic heterocycles. The van der Waals surface area contributed by atoms with Gasteiger partial charge in [-0.1, -0.05) is 6.07 Å². The molecule has 0 unspecified atom stereocenters. The summed E-state index contributed by atoms with van der Waals surface area (Å²) in [7, 11) is 0. The third kappa shape index (κ3) is 3.17. The molecule has 4 nitrogen and oxygen atoms in total. The van der Waals surface area contributed by atoms with Crippen molar-refractivity contribution in [2.75, 3.05) is 18.0 Å². The molecule has 1 rings (SSSR count). The van der Waals surface area contributed by atoms with Crippen LogP contribution >= 0.6 is 0 Å². The first-order chi connectivity index (χ1) is 8.10. The third-order valence-corrected chi connectivity index (χ3v) is 2.36. The van der Waals surface area contributed by atoms with Crippen molar-refractivity contribution >= 4 is 5.69 Å². The Hall–Kier alpha value is -2.11. The fourth-order valence-electron chi connectivity index (χ4n) is 1.46. The molecule has 1 aromatic carbocycles. The number of hydrogen-bond donors (Lipinski definition) is 1. The first kappa shape index (κ1) is 13.0. The van der Waals surface area contributed by atoms with Crippen molar-refractivity contribution in [1.29, 1.82) is 10.5 Å². The van der Waals surface area contributed by atoms with Gasteiger partial charge in [-0.3, -0.25) is 0 Å². The lowest BCUT2D eigenvalue weighted by atomic mass is 10.1. The molecule has 1 aromatic rings. The molecule has 0 radical (unpaired) electrons. The van der Waals surface area contributed by atoms with Crippen LogP contribution in [0.2, 0.25) is 0 Å². The van der Waals surface area contributed by atoms with Crippen molar-refractivity contribution in [3.63, 3.8) is 0 Å². The normalized spacial score (nSPS) is 11.4. The Labute approximate surface area is 99.7 Å². The molecule has 1 atom stereocenters. The first-order valence-electron chi connectivity index (χ1n) is 5.14. The van der Waals surface area contributed by atoms with E-state index < -0.39 is 5.82 Å². The average Bonchev–Trinajstić information content (AvgIpc) is 2.28. The molecule has 2 N–H and O–H groups in total. The van der Waals surface area contributed by atoms with Gasteiger partial charge in [0.2, 0.25) is 0 Å². The molecule has 0 amide bonds. The minimum absolute atomic E-state index is 0.0258. The Bertz CT molecular complexity index is 454. The van der Waals surface area contributed by atoms with Crippen molar-refractivity contribution in [2.24, 2.45) is 5.73 Å². The molecule has 0 aliphatic rings. The van der Waals surface area contributed by atoms with Gasteiger partial charge in [-0.05, 0) is 24.6 Å². The van der Waals surface area contributed by atoms with Crippen molar-refractivity contribution in [2.45, 2.75) is 13.0 Å². The van der Waals surface area contributed by atoms with Crippen molar-refractivity contribution in [3.8, 4) is 12.1 Å². The Morgan fingerprint density at radius 1 is 1.35 bits per heavy atom. The molecular formula is C12H13FN4. The van der Waals surface area contributed by atoms with E-state index in [2.05, 4.69) is 0 Å². The summed E-state index contributed by atoms with van der Waals surface area (Å²) in [6.07, 6.45) is 0. The molecule has 88 valence electrons. The van der Waals surface area contributed by atoms with Crippen LogP contribution in [0.3, 0.4) is 0 Å². The van der Waals surface area contributed by atoms with E-state index in [9.17, 15) is 4.39 Å². The lowest BCUT2D eigenvalue weighted by molar-refractivity contribution is 0.618. The Morgan fingerprint density at radius 3 is 2.35 bits per heavy atom. The minimum Gasteiger partial charge on any atom is -0.343 e. The van der Waals surface area contributed by atoms with E-state index in [0.29, 0.717) is 5.56 Å². The monoisotopic (exact) mass is 232 g/mol. The third-order valence-electron chi connectivity index (χ3n) is 2.36. The van der Waals surface area contributed by atoms with Gasteiger partial charge in [-0.15, -0.1) is 0 Å². The van der Waals surface area contributed by atoms with Crippen LogP contribution in [-0.4, -0.2) is 13.1 Å². The van der Waals surface area contributed by atoms with Gasteiger partial charge in [0.05, 0.1) is 17.8 Å². The molecule has 0 saturated heterocycles. The second-order valence-corrected chi connectivity index (χ2v) is 3.67. The van der Waals surface area contributed by atoms with Gasteiger partial charge in [0.15, 0.2) is 0 Å². The predicted octanol–water partition coefficient (Wildman–Crippen LogP) is 1.70. The standard InChI is InChI=1S/C12H13FN4/c1-9(16)10-2-3-12(11(13)8-10)17(6-4-14)7-5-15/h2-3,8-9H,6-7,16H2,1H3/t9-/m0/s1. The van der Waals surface area contributed by atoms with Crippen molar-refractivity contribution in [3.05, 3.63) is 29.6 Å². The zero-order valence-electron chi connectivity index (χ0n) is 9.52. The molecule has 0 saturated carbocycles. The summed E-state index contributed by atoms with van der Waals surface area (Å²) in [5.41, 5.74) is 6.57. The lowest BCUT2D eigenvalue weighted by Gasteiger charge is -2.19. The van der Waals surface area contributed by atoms with Crippen LogP contribution in [-0.2, 0) is 0 Å².